The van der Waals surface area contributed by atoms with Gasteiger partial charge in [0.25, 0.3) is 0 Å². The Morgan fingerprint density at radius 1 is 1.47 bits per heavy atom. The van der Waals surface area contributed by atoms with Crippen LogP contribution in [0.5, 0.6) is 0 Å². The standard InChI is InChI=1S/C15H22ClNOS/c1-3-11-4-6-14(18)12(8-11)9-17(2)10-13-5-7-15(16)19-13/h5,7,11-12H,3-4,6,8-10H2,1-2H3. The molecule has 2 rings (SSSR count). The monoisotopic (exact) mass is 299 g/mol. The van der Waals surface area contributed by atoms with Gasteiger partial charge in [0.2, 0.25) is 0 Å². The van der Waals surface area contributed by atoms with Gasteiger partial charge in [-0.2, -0.15) is 0 Å². The quantitative estimate of drug-likeness (QED) is 0.811. The van der Waals surface area contributed by atoms with E-state index in [4.69, 9.17) is 11.6 Å². The average Bonchev–Trinajstić information content (AvgIpc) is 2.77. The molecule has 19 heavy (non-hydrogen) atoms. The van der Waals surface area contributed by atoms with Gasteiger partial charge in [-0.05, 0) is 37.9 Å². The van der Waals surface area contributed by atoms with Crippen LogP contribution < -0.4 is 0 Å². The van der Waals surface area contributed by atoms with Crippen LogP contribution in [0.1, 0.15) is 37.5 Å². The van der Waals surface area contributed by atoms with Gasteiger partial charge >= 0.3 is 0 Å². The molecule has 4 heteroatoms. The smallest absolute Gasteiger partial charge is 0.137 e. The van der Waals surface area contributed by atoms with Crippen LogP contribution in [-0.4, -0.2) is 24.3 Å². The van der Waals surface area contributed by atoms with E-state index in [1.54, 1.807) is 11.3 Å². The van der Waals surface area contributed by atoms with Gasteiger partial charge in [0.15, 0.2) is 0 Å². The molecule has 1 heterocycles. The van der Waals surface area contributed by atoms with E-state index in [1.807, 2.05) is 6.07 Å². The molecule has 0 aliphatic heterocycles. The van der Waals surface area contributed by atoms with Gasteiger partial charge < -0.3 is 4.90 Å². The van der Waals surface area contributed by atoms with Gasteiger partial charge in [-0.25, -0.2) is 0 Å². The Balaban J connectivity index is 1.86. The van der Waals surface area contributed by atoms with Crippen molar-refractivity contribution in [2.24, 2.45) is 11.8 Å². The van der Waals surface area contributed by atoms with Gasteiger partial charge in [-0.15, -0.1) is 11.3 Å². The second kappa shape index (κ2) is 6.87. The number of carbonyl (C=O) groups excluding carboxylic acids is 1. The maximum atomic E-state index is 12.0. The van der Waals surface area contributed by atoms with Gasteiger partial charge in [0.05, 0.1) is 4.34 Å². The number of hydrogen-bond donors (Lipinski definition) is 0. The minimum Gasteiger partial charge on any atom is -0.301 e. The number of hydrogen-bond acceptors (Lipinski definition) is 3. The number of ketones is 1. The summed E-state index contributed by atoms with van der Waals surface area (Å²) in [6.45, 7) is 4.00. The molecule has 0 saturated heterocycles. The zero-order valence-corrected chi connectivity index (χ0v) is 13.3. The molecule has 1 aromatic heterocycles. The summed E-state index contributed by atoms with van der Waals surface area (Å²) in [5.41, 5.74) is 0. The zero-order chi connectivity index (χ0) is 13.8. The molecular weight excluding hydrogens is 278 g/mol. The van der Waals surface area contributed by atoms with Crippen molar-refractivity contribution >= 4 is 28.7 Å². The third-order valence-electron chi connectivity index (χ3n) is 4.04. The normalized spacial score (nSPS) is 24.1. The number of nitrogens with zero attached hydrogens (tertiary/aromatic N) is 1. The molecule has 1 fully saturated rings. The first-order valence-corrected chi connectivity index (χ1v) is 8.23. The predicted molar refractivity (Wildman–Crippen MR) is 81.8 cm³/mol. The Hall–Kier alpha value is -0.380. The van der Waals surface area contributed by atoms with Crippen molar-refractivity contribution < 1.29 is 4.79 Å². The summed E-state index contributed by atoms with van der Waals surface area (Å²) in [6.07, 6.45) is 4.15. The molecule has 106 valence electrons. The molecule has 1 saturated carbocycles. The third-order valence-corrected chi connectivity index (χ3v) is 5.25. The first-order valence-electron chi connectivity index (χ1n) is 7.04. The molecule has 2 atom stereocenters. The number of Topliss-reactive ketones (excluding diaryl/α,β-unsaturated/α-hetero) is 1. The van der Waals surface area contributed by atoms with Crippen molar-refractivity contribution in [1.29, 1.82) is 0 Å². The summed E-state index contributed by atoms with van der Waals surface area (Å²) >= 11 is 7.57. The highest BCUT2D eigenvalue weighted by Crippen LogP contribution is 2.29. The fraction of sp³-hybridized carbons (Fsp3) is 0.667. The minimum absolute atomic E-state index is 0.235. The van der Waals surface area contributed by atoms with E-state index < -0.39 is 0 Å². The van der Waals surface area contributed by atoms with E-state index in [0.29, 0.717) is 5.78 Å². The van der Waals surface area contributed by atoms with E-state index in [1.165, 1.54) is 11.3 Å². The number of carbonyl (C=O) groups is 1. The van der Waals surface area contributed by atoms with Gasteiger partial charge in [0, 0.05) is 30.3 Å². The van der Waals surface area contributed by atoms with Crippen molar-refractivity contribution in [3.8, 4) is 0 Å². The summed E-state index contributed by atoms with van der Waals surface area (Å²) in [6, 6.07) is 4.01. The molecule has 0 spiro atoms. The topological polar surface area (TPSA) is 20.3 Å². The molecule has 0 radical (unpaired) electrons. The fourth-order valence-corrected chi connectivity index (χ4v) is 4.06. The summed E-state index contributed by atoms with van der Waals surface area (Å²) in [5, 5.41) is 0. The van der Waals surface area contributed by atoms with Crippen LogP contribution in [0.25, 0.3) is 0 Å². The molecule has 0 N–H and O–H groups in total. The number of thiophene rings is 1. The molecule has 2 nitrogen and oxygen atoms in total. The second-order valence-electron chi connectivity index (χ2n) is 5.61. The fourth-order valence-electron chi connectivity index (χ4n) is 2.89. The lowest BCUT2D eigenvalue weighted by Crippen LogP contribution is -2.34. The Morgan fingerprint density at radius 2 is 2.26 bits per heavy atom. The van der Waals surface area contributed by atoms with Crippen molar-refractivity contribution in [1.82, 2.24) is 4.90 Å². The van der Waals surface area contributed by atoms with Gasteiger partial charge in [-0.1, -0.05) is 24.9 Å². The highest BCUT2D eigenvalue weighted by Gasteiger charge is 2.28. The lowest BCUT2D eigenvalue weighted by molar-refractivity contribution is -0.126. The SMILES string of the molecule is CCC1CCC(=O)C(CN(C)Cc2ccc(Cl)s2)C1. The lowest BCUT2D eigenvalue weighted by Gasteiger charge is -2.30. The maximum Gasteiger partial charge on any atom is 0.137 e. The largest absolute Gasteiger partial charge is 0.301 e. The molecule has 2 unspecified atom stereocenters. The van der Waals surface area contributed by atoms with Crippen LogP contribution in [0.2, 0.25) is 4.34 Å². The maximum absolute atomic E-state index is 12.0. The van der Waals surface area contributed by atoms with Crippen molar-refractivity contribution in [2.75, 3.05) is 13.6 Å². The molecule has 1 aliphatic rings. The first-order chi connectivity index (χ1) is 9.08. The van der Waals surface area contributed by atoms with Gasteiger partial charge in [-0.3, -0.25) is 4.79 Å². The van der Waals surface area contributed by atoms with Crippen LogP contribution >= 0.6 is 22.9 Å². The molecule has 0 amide bonds. The van der Waals surface area contributed by atoms with Crippen LogP contribution in [0, 0.1) is 11.8 Å². The Kier molecular flexibility index (Phi) is 5.43. The number of halogens is 1. The Labute approximate surface area is 124 Å². The van der Waals surface area contributed by atoms with Crippen molar-refractivity contribution in [3.05, 3.63) is 21.3 Å². The number of rotatable bonds is 5. The molecule has 1 aliphatic carbocycles. The summed E-state index contributed by atoms with van der Waals surface area (Å²) in [7, 11) is 2.09. The highest BCUT2D eigenvalue weighted by molar-refractivity contribution is 7.16. The van der Waals surface area contributed by atoms with Crippen molar-refractivity contribution in [3.63, 3.8) is 0 Å². The first kappa shape index (κ1) is 15.0. The molecular formula is C15H22ClNOS. The van der Waals surface area contributed by atoms with Crippen LogP contribution in [-0.2, 0) is 11.3 Å². The van der Waals surface area contributed by atoms with Crippen LogP contribution in [0.15, 0.2) is 12.1 Å². The Bertz CT molecular complexity index is 432. The minimum atomic E-state index is 0.235. The van der Waals surface area contributed by atoms with E-state index >= 15 is 0 Å². The predicted octanol–water partition coefficient (Wildman–Crippen LogP) is 4.23. The van der Waals surface area contributed by atoms with E-state index in [2.05, 4.69) is 24.9 Å². The van der Waals surface area contributed by atoms with Crippen LogP contribution in [0.3, 0.4) is 0 Å². The highest BCUT2D eigenvalue weighted by atomic mass is 35.5. The second-order valence-corrected chi connectivity index (χ2v) is 7.41. The average molecular weight is 300 g/mol. The van der Waals surface area contributed by atoms with E-state index in [9.17, 15) is 4.79 Å². The zero-order valence-electron chi connectivity index (χ0n) is 11.7. The summed E-state index contributed by atoms with van der Waals surface area (Å²) in [5.74, 6) is 1.44. The van der Waals surface area contributed by atoms with E-state index in [0.717, 1.165) is 42.6 Å². The summed E-state index contributed by atoms with van der Waals surface area (Å²) in [4.78, 5) is 15.5. The molecule has 0 aromatic carbocycles. The summed E-state index contributed by atoms with van der Waals surface area (Å²) < 4.78 is 0.836. The lowest BCUT2D eigenvalue weighted by atomic mass is 9.79. The van der Waals surface area contributed by atoms with Crippen molar-refractivity contribution in [2.45, 2.75) is 39.2 Å². The van der Waals surface area contributed by atoms with E-state index in [-0.39, 0.29) is 5.92 Å². The third kappa shape index (κ3) is 4.30. The molecule has 1 aromatic rings. The molecule has 0 bridgehead atoms. The van der Waals surface area contributed by atoms with Crippen LogP contribution in [0.4, 0.5) is 0 Å². The Morgan fingerprint density at radius 3 is 2.89 bits per heavy atom. The van der Waals surface area contributed by atoms with Gasteiger partial charge in [0.1, 0.15) is 5.78 Å².